The van der Waals surface area contributed by atoms with Crippen molar-refractivity contribution in [2.24, 2.45) is 10.8 Å². The van der Waals surface area contributed by atoms with Crippen molar-refractivity contribution in [3.8, 4) is 0 Å². The molecule has 10 fully saturated rings. The molecular weight excluding hydrogens is 1500 g/mol. The average molecular weight is 1580 g/mol. The SMILES string of the molecule is [3H]c1ccc2nc(C(=O)N3CCC4(C3)NC(=C)NC4=O)sc2c1.[3H]c1ccc2nc(C(=O)N3CCC4(CC(=C)NC4=O)C3)sc2c1.[3H]c1ccc2sc(C(=O)N3CCC4(C3)NC(=C)NC4=O)nc2c1.[3H]c1cccc2nc(C(=O)N3CCC4(CC(=C)NC4=O)C3)sc12.[3H]c1cccc2sc(C(=O)N3CCC4(C3)NC(=C)NC4=O)nc12. The summed E-state index contributed by atoms with van der Waals surface area (Å²) in [6.07, 6.45) is 4.13. The highest BCUT2D eigenvalue weighted by molar-refractivity contribution is 7.21. The van der Waals surface area contributed by atoms with Gasteiger partial charge in [-0.1, -0.05) is 93.5 Å². The van der Waals surface area contributed by atoms with E-state index < -0.39 is 27.4 Å². The zero-order valence-electron chi connectivity index (χ0n) is 63.8. The quantitative estimate of drug-likeness (QED) is 0.0824. The molecule has 5 aromatic carbocycles. The third kappa shape index (κ3) is 13.6. The molecule has 110 heavy (non-hydrogen) atoms. The smallest absolute Gasteiger partial charge is 0.282 e. The van der Waals surface area contributed by atoms with E-state index in [2.05, 4.69) is 100 Å². The molecule has 15 heterocycles. The first-order valence-corrected chi connectivity index (χ1v) is 39.1. The number of aromatic nitrogens is 5. The molecule has 5 atom stereocenters. The topological polar surface area (TPSA) is 348 Å². The Kier molecular flexibility index (Phi) is 17.2. The fraction of sp³-hybridized carbons (Fsp3) is 0.286. The number of thiazole rings is 5. The molecule has 560 valence electrons. The number of nitrogens with zero attached hydrogens (tertiary/aromatic N) is 10. The van der Waals surface area contributed by atoms with Crippen molar-refractivity contribution < 1.29 is 54.8 Å². The number of carbonyl (C=O) groups excluding carboxylic acids is 10. The molecule has 10 saturated heterocycles. The highest BCUT2D eigenvalue weighted by Crippen LogP contribution is 2.43. The zero-order valence-corrected chi connectivity index (χ0v) is 62.9. The molecule has 10 amide bonds. The predicted octanol–water partition coefficient (Wildman–Crippen LogP) is 7.54. The van der Waals surface area contributed by atoms with E-state index in [1.165, 1.54) is 56.7 Å². The molecule has 10 aliphatic rings. The number of rotatable bonds is 5. The summed E-state index contributed by atoms with van der Waals surface area (Å²) >= 11 is 6.41. The van der Waals surface area contributed by atoms with Crippen LogP contribution in [-0.2, 0) is 24.0 Å². The highest BCUT2D eigenvalue weighted by atomic mass is 32.1. The highest BCUT2D eigenvalue weighted by Gasteiger charge is 2.55. The molecule has 5 spiro atoms. The van der Waals surface area contributed by atoms with E-state index in [1.54, 1.807) is 109 Å². The summed E-state index contributed by atoms with van der Waals surface area (Å²) in [5.41, 5.74) is 1.43. The maximum absolute atomic E-state index is 12.7. The van der Waals surface area contributed by atoms with Gasteiger partial charge in [0.05, 0.1) is 106 Å². The van der Waals surface area contributed by atoms with Gasteiger partial charge in [-0.25, -0.2) is 24.9 Å². The van der Waals surface area contributed by atoms with Crippen molar-refractivity contribution in [1.82, 2.24) is 92.0 Å². The molecule has 0 bridgehead atoms. The fourth-order valence-corrected chi connectivity index (χ4v) is 19.9. The molecule has 0 radical (unpaired) electrons. The monoisotopic (exact) mass is 1580 g/mol. The second-order valence-electron chi connectivity index (χ2n) is 28.4. The van der Waals surface area contributed by atoms with E-state index in [0.29, 0.717) is 205 Å². The molecule has 5 unspecified atom stereocenters. The molecule has 33 heteroatoms. The molecule has 10 aromatic rings. The molecule has 10 aliphatic heterocycles. The van der Waals surface area contributed by atoms with Crippen LogP contribution in [0, 0.1) is 10.8 Å². The summed E-state index contributed by atoms with van der Waals surface area (Å²) in [5, 5.41) is 24.6. The van der Waals surface area contributed by atoms with Crippen LogP contribution >= 0.6 is 56.7 Å². The number of hydrogen-bond donors (Lipinski definition) is 8. The first-order chi connectivity index (χ1) is 54.9. The minimum absolute atomic E-state index is 0.0269. The van der Waals surface area contributed by atoms with Crippen molar-refractivity contribution in [2.45, 2.75) is 61.6 Å². The van der Waals surface area contributed by atoms with E-state index >= 15 is 0 Å². The standard InChI is InChI=1S/2C16H15N3O2S.3C15H14N4O2S/c2*1-10-8-16(15(21)17-10)6-7-19(9-16)14(20)13-18-11-4-2-3-5-12(11)22-13;3*1-9-16-14(21)15(18-9)6-7-19(8-15)13(20)12-17-10-4-2-3-5-11(10)22-12/h2*2-5H,1,6-9H2,(H,17,21);3*2-5,18H,1,6-8H2,(H,16,21)/i5T;3T;4T;3T;2T. The number of likely N-dealkylation sites (tertiary alicyclic amines) is 5. The minimum Gasteiger partial charge on any atom is -0.356 e. The van der Waals surface area contributed by atoms with Gasteiger partial charge in [-0.3, -0.25) is 47.9 Å². The van der Waals surface area contributed by atoms with E-state index in [-0.39, 0.29) is 59.1 Å². The number of allylic oxidation sites excluding steroid dienone is 2. The first kappa shape index (κ1) is 66.5. The predicted molar refractivity (Wildman–Crippen MR) is 419 cm³/mol. The van der Waals surface area contributed by atoms with E-state index in [0.717, 1.165) is 40.4 Å². The summed E-state index contributed by atoms with van der Waals surface area (Å²) in [5.74, 6) is 0.0994. The molecule has 0 saturated carbocycles. The van der Waals surface area contributed by atoms with Crippen molar-refractivity contribution in [3.05, 3.63) is 208 Å². The number of benzene rings is 5. The van der Waals surface area contributed by atoms with Crippen LogP contribution in [0.1, 0.15) is 101 Å². The van der Waals surface area contributed by atoms with Gasteiger partial charge >= 0.3 is 0 Å². The molecule has 0 aliphatic carbocycles. The lowest BCUT2D eigenvalue weighted by atomic mass is 9.85. The second-order valence-corrected chi connectivity index (χ2v) is 33.5. The molecule has 5 aromatic heterocycles. The van der Waals surface area contributed by atoms with Crippen LogP contribution < -0.4 is 42.5 Å². The van der Waals surface area contributed by atoms with Crippen LogP contribution in [0.15, 0.2) is 183 Å². The summed E-state index contributed by atoms with van der Waals surface area (Å²) in [6, 6.07) is 27.7. The Morgan fingerprint density at radius 3 is 1.04 bits per heavy atom. The Labute approximate surface area is 655 Å². The summed E-state index contributed by atoms with van der Waals surface area (Å²) < 4.78 is 42.7. The van der Waals surface area contributed by atoms with Crippen LogP contribution in [0.2, 0.25) is 0 Å². The van der Waals surface area contributed by atoms with Gasteiger partial charge in [0, 0.05) is 70.0 Å². The number of para-hydroxylation sites is 5. The Morgan fingerprint density at radius 1 is 0.345 bits per heavy atom. The van der Waals surface area contributed by atoms with Crippen molar-refractivity contribution >= 4 is 167 Å². The van der Waals surface area contributed by atoms with Crippen LogP contribution in [0.3, 0.4) is 0 Å². The third-order valence-electron chi connectivity index (χ3n) is 20.9. The minimum atomic E-state index is -0.774. The normalized spacial score (nSPS) is 24.9. The first-order valence-electron chi connectivity index (χ1n) is 37.5. The Balaban J connectivity index is 0.000000108. The van der Waals surface area contributed by atoms with Crippen LogP contribution in [0.5, 0.6) is 0 Å². The molecular formula is C77H72N18O10S5. The Bertz CT molecular complexity index is 5480. The van der Waals surface area contributed by atoms with Crippen LogP contribution in [0.25, 0.3) is 51.1 Å². The van der Waals surface area contributed by atoms with E-state index in [4.69, 9.17) is 6.85 Å². The van der Waals surface area contributed by atoms with E-state index in [1.807, 2.05) is 6.07 Å². The maximum atomic E-state index is 12.7. The molecule has 8 N–H and O–H groups in total. The van der Waals surface area contributed by atoms with Gasteiger partial charge in [0.2, 0.25) is 11.8 Å². The number of carbonyl (C=O) groups is 10. The lowest BCUT2D eigenvalue weighted by Crippen LogP contribution is -2.49. The Morgan fingerprint density at radius 2 is 0.655 bits per heavy atom. The number of amides is 10. The van der Waals surface area contributed by atoms with Crippen LogP contribution in [0.4, 0.5) is 0 Å². The Hall–Kier alpha value is -11.7. The third-order valence-corrected chi connectivity index (χ3v) is 26.0. The molecule has 20 rings (SSSR count). The second kappa shape index (κ2) is 28.4. The number of nitrogens with one attached hydrogen (secondary N) is 8. The maximum Gasteiger partial charge on any atom is 0.282 e. The van der Waals surface area contributed by atoms with Gasteiger partial charge < -0.3 is 67.0 Å². The van der Waals surface area contributed by atoms with Crippen molar-refractivity contribution in [2.75, 3.05) is 65.4 Å². The lowest BCUT2D eigenvalue weighted by molar-refractivity contribution is -0.127. The summed E-state index contributed by atoms with van der Waals surface area (Å²) in [6.45, 7) is 23.1. The summed E-state index contributed by atoms with van der Waals surface area (Å²) in [4.78, 5) is 154. The number of fused-ring (bicyclic) bond motifs is 5. The van der Waals surface area contributed by atoms with Gasteiger partial charge in [-0.15, -0.1) is 56.7 Å². The van der Waals surface area contributed by atoms with Gasteiger partial charge in [0.15, 0.2) is 25.0 Å². The van der Waals surface area contributed by atoms with Crippen molar-refractivity contribution in [1.29, 1.82) is 0 Å². The van der Waals surface area contributed by atoms with Gasteiger partial charge in [-0.05, 0) is 92.7 Å². The molecule has 28 nitrogen and oxygen atoms in total. The fourth-order valence-electron chi connectivity index (χ4n) is 15.3. The largest absolute Gasteiger partial charge is 0.356 e. The van der Waals surface area contributed by atoms with E-state index in [9.17, 15) is 47.9 Å². The van der Waals surface area contributed by atoms with Gasteiger partial charge in [0.1, 0.15) is 16.6 Å². The lowest BCUT2D eigenvalue weighted by Gasteiger charge is -2.21. The van der Waals surface area contributed by atoms with Crippen molar-refractivity contribution in [3.63, 3.8) is 0 Å². The van der Waals surface area contributed by atoms with Crippen LogP contribution in [-0.4, -0.2) is 191 Å². The summed E-state index contributed by atoms with van der Waals surface area (Å²) in [7, 11) is 0. The average Bonchev–Trinajstić information content (AvgIpc) is 1.63. The van der Waals surface area contributed by atoms with Gasteiger partial charge in [0.25, 0.3) is 47.3 Å². The number of hydrogen-bond acceptors (Lipinski definition) is 23. The van der Waals surface area contributed by atoms with Gasteiger partial charge in [-0.2, -0.15) is 0 Å². The zero-order chi connectivity index (χ0) is 80.9.